The number of nitrogens with zero attached hydrogens (tertiary/aromatic N) is 1. The molecule has 3 fully saturated rings. The fraction of sp³-hybridized carbons (Fsp3) is 0.765. The van der Waals surface area contributed by atoms with Crippen molar-refractivity contribution in [3.05, 3.63) is 22.4 Å². The van der Waals surface area contributed by atoms with Crippen molar-refractivity contribution in [1.82, 2.24) is 10.2 Å². The zero-order valence-electron chi connectivity index (χ0n) is 12.3. The van der Waals surface area contributed by atoms with Crippen LogP contribution < -0.4 is 5.32 Å². The van der Waals surface area contributed by atoms with Crippen molar-refractivity contribution in [1.29, 1.82) is 0 Å². The van der Waals surface area contributed by atoms with Crippen molar-refractivity contribution in [3.63, 3.8) is 0 Å². The molecule has 0 amide bonds. The van der Waals surface area contributed by atoms with Crippen LogP contribution in [-0.4, -0.2) is 30.1 Å². The molecule has 3 atom stereocenters. The van der Waals surface area contributed by atoms with Gasteiger partial charge in [-0.05, 0) is 56.0 Å². The Morgan fingerprint density at radius 1 is 1.10 bits per heavy atom. The van der Waals surface area contributed by atoms with Gasteiger partial charge in [-0.15, -0.1) is 11.3 Å². The summed E-state index contributed by atoms with van der Waals surface area (Å²) in [6.45, 7) is 2.67. The molecule has 0 spiro atoms. The Labute approximate surface area is 126 Å². The molecule has 3 heteroatoms. The maximum Gasteiger partial charge on any atom is 0.0446 e. The molecule has 1 aliphatic carbocycles. The van der Waals surface area contributed by atoms with E-state index in [0.29, 0.717) is 6.04 Å². The van der Waals surface area contributed by atoms with E-state index >= 15 is 0 Å². The van der Waals surface area contributed by atoms with Gasteiger partial charge in [0.2, 0.25) is 0 Å². The third-order valence-electron chi connectivity index (χ3n) is 5.72. The van der Waals surface area contributed by atoms with Crippen LogP contribution in [0, 0.1) is 5.92 Å². The van der Waals surface area contributed by atoms with Gasteiger partial charge < -0.3 is 5.32 Å². The van der Waals surface area contributed by atoms with Crippen LogP contribution in [0.2, 0.25) is 0 Å². The summed E-state index contributed by atoms with van der Waals surface area (Å²) in [6.07, 6.45) is 9.92. The second-order valence-corrected chi connectivity index (χ2v) is 7.82. The van der Waals surface area contributed by atoms with E-state index in [1.165, 1.54) is 58.0 Å². The highest BCUT2D eigenvalue weighted by Gasteiger charge is 2.39. The highest BCUT2D eigenvalue weighted by molar-refractivity contribution is 7.10. The van der Waals surface area contributed by atoms with Gasteiger partial charge in [-0.25, -0.2) is 0 Å². The fourth-order valence-electron chi connectivity index (χ4n) is 4.72. The van der Waals surface area contributed by atoms with E-state index in [-0.39, 0.29) is 0 Å². The minimum Gasteiger partial charge on any atom is -0.305 e. The Morgan fingerprint density at radius 3 is 2.80 bits per heavy atom. The first kappa shape index (κ1) is 13.3. The molecule has 1 N–H and O–H groups in total. The van der Waals surface area contributed by atoms with Gasteiger partial charge in [0.15, 0.2) is 0 Å². The van der Waals surface area contributed by atoms with Gasteiger partial charge >= 0.3 is 0 Å². The number of hydrogen-bond donors (Lipinski definition) is 1. The first-order valence-corrected chi connectivity index (χ1v) is 9.33. The molecule has 3 heterocycles. The smallest absolute Gasteiger partial charge is 0.0446 e. The molecule has 0 radical (unpaired) electrons. The van der Waals surface area contributed by atoms with Gasteiger partial charge in [-0.3, -0.25) is 4.90 Å². The average molecular weight is 290 g/mol. The summed E-state index contributed by atoms with van der Waals surface area (Å²) in [7, 11) is 0. The lowest BCUT2D eigenvalue weighted by molar-refractivity contribution is 0.267. The third-order valence-corrected chi connectivity index (χ3v) is 6.68. The molecule has 20 heavy (non-hydrogen) atoms. The summed E-state index contributed by atoms with van der Waals surface area (Å²) in [5.74, 6) is 0.879. The van der Waals surface area contributed by atoms with Crippen molar-refractivity contribution < 1.29 is 0 Å². The van der Waals surface area contributed by atoms with Crippen LogP contribution in [0.4, 0.5) is 0 Å². The van der Waals surface area contributed by atoms with E-state index in [1.807, 2.05) is 11.3 Å². The molecule has 110 valence electrons. The lowest BCUT2D eigenvalue weighted by Crippen LogP contribution is -2.42. The largest absolute Gasteiger partial charge is 0.305 e. The topological polar surface area (TPSA) is 15.3 Å². The Morgan fingerprint density at radius 2 is 2.00 bits per heavy atom. The SMILES string of the molecule is c1csc(C(NC2CCN3CCCC23)C2CCCC2)c1. The molecular formula is C17H26N2S. The lowest BCUT2D eigenvalue weighted by Gasteiger charge is -2.30. The number of nitrogens with one attached hydrogen (secondary N) is 1. The Kier molecular flexibility index (Phi) is 3.84. The Balaban J connectivity index is 1.50. The summed E-state index contributed by atoms with van der Waals surface area (Å²) in [4.78, 5) is 4.30. The quantitative estimate of drug-likeness (QED) is 0.907. The molecule has 3 unspecified atom stereocenters. The minimum absolute atomic E-state index is 0.628. The van der Waals surface area contributed by atoms with E-state index in [1.54, 1.807) is 4.88 Å². The maximum absolute atomic E-state index is 4.10. The standard InChI is InChI=1S/C17H26N2S/c1-2-6-13(5-1)17(16-8-4-12-20-16)18-14-9-11-19-10-3-7-15(14)19/h4,8,12-15,17-18H,1-3,5-7,9-11H2. The number of fused-ring (bicyclic) bond motifs is 1. The predicted octanol–water partition coefficient (Wildman–Crippen LogP) is 3.81. The minimum atomic E-state index is 0.628. The molecule has 1 aromatic rings. The Bertz CT molecular complexity index is 424. The van der Waals surface area contributed by atoms with Gasteiger partial charge in [0, 0.05) is 29.5 Å². The van der Waals surface area contributed by atoms with Gasteiger partial charge in [0.05, 0.1) is 0 Å². The first-order chi connectivity index (χ1) is 9.92. The summed E-state index contributed by atoms with van der Waals surface area (Å²) in [5, 5.41) is 6.35. The summed E-state index contributed by atoms with van der Waals surface area (Å²) in [6, 6.07) is 6.77. The van der Waals surface area contributed by atoms with Gasteiger partial charge in [-0.2, -0.15) is 0 Å². The molecular weight excluding hydrogens is 264 g/mol. The van der Waals surface area contributed by atoms with E-state index in [4.69, 9.17) is 0 Å². The predicted molar refractivity (Wildman–Crippen MR) is 85.2 cm³/mol. The molecule has 0 bridgehead atoms. The molecule has 2 nitrogen and oxygen atoms in total. The average Bonchev–Trinajstić information content (AvgIpc) is 3.21. The number of hydrogen-bond acceptors (Lipinski definition) is 3. The normalized spacial score (nSPS) is 32.8. The van der Waals surface area contributed by atoms with E-state index in [0.717, 1.165) is 18.0 Å². The molecule has 2 aliphatic heterocycles. The van der Waals surface area contributed by atoms with Crippen LogP contribution >= 0.6 is 11.3 Å². The van der Waals surface area contributed by atoms with E-state index < -0.39 is 0 Å². The van der Waals surface area contributed by atoms with Crippen molar-refractivity contribution in [2.75, 3.05) is 13.1 Å². The zero-order chi connectivity index (χ0) is 13.4. The Hall–Kier alpha value is -0.380. The van der Waals surface area contributed by atoms with Crippen LogP contribution in [0.15, 0.2) is 17.5 Å². The molecule has 3 aliphatic rings. The molecule has 0 aromatic carbocycles. The van der Waals surface area contributed by atoms with E-state index in [2.05, 4.69) is 27.7 Å². The van der Waals surface area contributed by atoms with Crippen LogP contribution in [-0.2, 0) is 0 Å². The van der Waals surface area contributed by atoms with E-state index in [9.17, 15) is 0 Å². The molecule has 2 saturated heterocycles. The second kappa shape index (κ2) is 5.78. The van der Waals surface area contributed by atoms with Crippen molar-refractivity contribution in [2.45, 2.75) is 63.1 Å². The highest BCUT2D eigenvalue weighted by atomic mass is 32.1. The zero-order valence-corrected chi connectivity index (χ0v) is 13.1. The van der Waals surface area contributed by atoms with Crippen LogP contribution in [0.5, 0.6) is 0 Å². The monoisotopic (exact) mass is 290 g/mol. The van der Waals surface area contributed by atoms with Crippen LogP contribution in [0.3, 0.4) is 0 Å². The van der Waals surface area contributed by atoms with Crippen LogP contribution in [0.25, 0.3) is 0 Å². The number of rotatable bonds is 4. The van der Waals surface area contributed by atoms with Crippen LogP contribution in [0.1, 0.15) is 55.9 Å². The molecule has 1 saturated carbocycles. The lowest BCUT2D eigenvalue weighted by atomic mass is 9.94. The fourth-order valence-corrected chi connectivity index (χ4v) is 5.60. The number of thiophene rings is 1. The molecule has 4 rings (SSSR count). The highest BCUT2D eigenvalue weighted by Crippen LogP contribution is 2.39. The van der Waals surface area contributed by atoms with Crippen molar-refractivity contribution in [2.24, 2.45) is 5.92 Å². The maximum atomic E-state index is 4.10. The summed E-state index contributed by atoms with van der Waals surface area (Å²) >= 11 is 1.95. The summed E-state index contributed by atoms with van der Waals surface area (Å²) < 4.78 is 0. The second-order valence-electron chi connectivity index (χ2n) is 6.85. The summed E-state index contributed by atoms with van der Waals surface area (Å²) in [5.41, 5.74) is 0. The first-order valence-electron chi connectivity index (χ1n) is 8.45. The van der Waals surface area contributed by atoms with Gasteiger partial charge in [0.25, 0.3) is 0 Å². The third kappa shape index (κ3) is 2.44. The molecule has 1 aromatic heterocycles. The van der Waals surface area contributed by atoms with Gasteiger partial charge in [-0.1, -0.05) is 18.9 Å². The van der Waals surface area contributed by atoms with Crippen molar-refractivity contribution >= 4 is 11.3 Å². The van der Waals surface area contributed by atoms with Gasteiger partial charge in [0.1, 0.15) is 0 Å². The van der Waals surface area contributed by atoms with Crippen molar-refractivity contribution in [3.8, 4) is 0 Å².